The van der Waals surface area contributed by atoms with Crippen molar-refractivity contribution in [1.82, 2.24) is 19.5 Å². The van der Waals surface area contributed by atoms with Gasteiger partial charge in [0.25, 0.3) is 5.91 Å². The number of hydrogen-bond donors (Lipinski definition) is 1. The van der Waals surface area contributed by atoms with Gasteiger partial charge in [0.1, 0.15) is 0 Å². The van der Waals surface area contributed by atoms with Gasteiger partial charge >= 0.3 is 0 Å². The Kier molecular flexibility index (Phi) is 5.16. The van der Waals surface area contributed by atoms with E-state index >= 15 is 0 Å². The first-order valence-corrected chi connectivity index (χ1v) is 10.1. The first-order valence-electron chi connectivity index (χ1n) is 9.11. The van der Waals surface area contributed by atoms with Gasteiger partial charge in [-0.3, -0.25) is 4.79 Å². The molecule has 2 aromatic carbocycles. The summed E-state index contributed by atoms with van der Waals surface area (Å²) in [6.45, 7) is 2.99. The zero-order valence-electron chi connectivity index (χ0n) is 15.8. The van der Waals surface area contributed by atoms with Gasteiger partial charge in [0, 0.05) is 36.3 Å². The molecule has 2 aromatic heterocycles. The molecule has 0 unspecified atom stereocenters. The average molecular weight is 392 g/mol. The highest BCUT2D eigenvalue weighted by Crippen LogP contribution is 2.22. The van der Waals surface area contributed by atoms with Crippen LogP contribution in [-0.2, 0) is 18.4 Å². The predicted octanol–water partition coefficient (Wildman–Crippen LogP) is 3.79. The fourth-order valence-electron chi connectivity index (χ4n) is 3.23. The topological polar surface area (TPSA) is 64.2 Å². The lowest BCUT2D eigenvalue weighted by Crippen LogP contribution is -2.19. The number of amides is 1. The maximum Gasteiger partial charge on any atom is 0.250 e. The molecule has 0 spiro atoms. The van der Waals surface area contributed by atoms with Gasteiger partial charge in [0.2, 0.25) is 0 Å². The molecule has 0 aliphatic carbocycles. The second-order valence-corrected chi connectivity index (χ2v) is 7.35. The van der Waals surface area contributed by atoms with Crippen molar-refractivity contribution < 1.29 is 4.79 Å². The van der Waals surface area contributed by atoms with E-state index in [4.69, 9.17) is 0 Å². The maximum atomic E-state index is 12.2. The number of thioether (sulfide) groups is 1. The maximum absolute atomic E-state index is 12.2. The number of hydrazone groups is 1. The lowest BCUT2D eigenvalue weighted by Gasteiger charge is -2.01. The van der Waals surface area contributed by atoms with Gasteiger partial charge in [-0.05, 0) is 25.1 Å². The van der Waals surface area contributed by atoms with Crippen LogP contribution in [0.25, 0.3) is 21.9 Å². The van der Waals surface area contributed by atoms with Crippen LogP contribution in [0.15, 0.2) is 65.0 Å². The van der Waals surface area contributed by atoms with Crippen molar-refractivity contribution in [3.05, 3.63) is 60.3 Å². The molecule has 1 amide bonds. The van der Waals surface area contributed by atoms with Crippen LogP contribution in [0, 0.1) is 0 Å². The molecule has 0 saturated heterocycles. The Bertz CT molecular complexity index is 1170. The molecule has 4 aromatic rings. The third kappa shape index (κ3) is 3.53. The van der Waals surface area contributed by atoms with E-state index in [-0.39, 0.29) is 11.7 Å². The minimum absolute atomic E-state index is 0.160. The van der Waals surface area contributed by atoms with E-state index in [1.807, 2.05) is 48.0 Å². The minimum atomic E-state index is -0.160. The molecule has 0 atom stereocenters. The Morgan fingerprint density at radius 3 is 2.71 bits per heavy atom. The largest absolute Gasteiger partial charge is 0.347 e. The Balaban J connectivity index is 1.40. The van der Waals surface area contributed by atoms with E-state index in [1.165, 1.54) is 11.8 Å². The molecule has 0 aliphatic heterocycles. The number of aromatic nitrogens is 3. The summed E-state index contributed by atoms with van der Waals surface area (Å²) in [6, 6.07) is 16.1. The number of fused-ring (bicyclic) bond motifs is 2. The molecule has 0 fully saturated rings. The second kappa shape index (κ2) is 7.90. The molecule has 1 N–H and O–H groups in total. The fraction of sp³-hybridized carbons (Fsp3) is 0.190. The number of rotatable bonds is 6. The fourth-order valence-corrected chi connectivity index (χ4v) is 4.01. The van der Waals surface area contributed by atoms with Crippen LogP contribution in [0.3, 0.4) is 0 Å². The molecule has 4 rings (SSSR count). The van der Waals surface area contributed by atoms with E-state index in [0.29, 0.717) is 0 Å². The zero-order valence-corrected chi connectivity index (χ0v) is 16.6. The van der Waals surface area contributed by atoms with Crippen LogP contribution in [0.2, 0.25) is 0 Å². The van der Waals surface area contributed by atoms with E-state index < -0.39 is 0 Å². The third-order valence-electron chi connectivity index (χ3n) is 4.63. The smallest absolute Gasteiger partial charge is 0.250 e. The van der Waals surface area contributed by atoms with Crippen molar-refractivity contribution in [3.8, 4) is 0 Å². The molecule has 0 saturated carbocycles. The van der Waals surface area contributed by atoms with Crippen molar-refractivity contribution in [2.45, 2.75) is 18.6 Å². The molecule has 0 bridgehead atoms. The third-order valence-corrected chi connectivity index (χ3v) is 5.66. The molecular formula is C21H21N5OS. The summed E-state index contributed by atoms with van der Waals surface area (Å²) in [5.74, 6) is 0.0955. The van der Waals surface area contributed by atoms with Crippen LogP contribution in [0.1, 0.15) is 12.5 Å². The number of carbonyl (C=O) groups is 1. The van der Waals surface area contributed by atoms with E-state index in [1.54, 1.807) is 6.21 Å². The van der Waals surface area contributed by atoms with Gasteiger partial charge in [0.05, 0.1) is 23.0 Å². The standard InChI is InChI=1S/C21H21N5OS/c1-3-26-13-15(16-8-4-6-10-18(16)26)12-22-24-20(27)14-28-21-23-17-9-5-7-11-19(17)25(21)2/h4-13H,3,14H2,1-2H3,(H,24,27)/b22-12-. The van der Waals surface area contributed by atoms with Crippen molar-refractivity contribution in [3.63, 3.8) is 0 Å². The van der Waals surface area contributed by atoms with Gasteiger partial charge in [0.15, 0.2) is 5.16 Å². The molecule has 142 valence electrons. The lowest BCUT2D eigenvalue weighted by atomic mass is 10.2. The molecule has 0 aliphatic rings. The van der Waals surface area contributed by atoms with Gasteiger partial charge in [-0.25, -0.2) is 10.4 Å². The van der Waals surface area contributed by atoms with Gasteiger partial charge in [-0.1, -0.05) is 42.1 Å². The van der Waals surface area contributed by atoms with E-state index in [0.717, 1.165) is 39.2 Å². The number of benzene rings is 2. The Labute approximate surface area is 167 Å². The molecule has 2 heterocycles. The van der Waals surface area contributed by atoms with Crippen molar-refractivity contribution in [1.29, 1.82) is 0 Å². The monoisotopic (exact) mass is 391 g/mol. The lowest BCUT2D eigenvalue weighted by molar-refractivity contribution is -0.118. The summed E-state index contributed by atoms with van der Waals surface area (Å²) < 4.78 is 4.16. The number of hydrogen-bond acceptors (Lipinski definition) is 4. The van der Waals surface area contributed by atoms with Crippen molar-refractivity contribution in [2.75, 3.05) is 5.75 Å². The van der Waals surface area contributed by atoms with Crippen LogP contribution in [0.5, 0.6) is 0 Å². The number of nitrogens with zero attached hydrogens (tertiary/aromatic N) is 4. The molecule has 28 heavy (non-hydrogen) atoms. The predicted molar refractivity (Wildman–Crippen MR) is 115 cm³/mol. The zero-order chi connectivity index (χ0) is 19.5. The van der Waals surface area contributed by atoms with Crippen LogP contribution >= 0.6 is 11.8 Å². The van der Waals surface area contributed by atoms with Crippen molar-refractivity contribution in [2.24, 2.45) is 12.1 Å². The van der Waals surface area contributed by atoms with Gasteiger partial charge in [-0.2, -0.15) is 5.10 Å². The molecule has 0 radical (unpaired) electrons. The summed E-state index contributed by atoms with van der Waals surface area (Å²) >= 11 is 1.40. The Hall–Kier alpha value is -3.06. The van der Waals surface area contributed by atoms with Gasteiger partial charge < -0.3 is 9.13 Å². The van der Waals surface area contributed by atoms with E-state index in [2.05, 4.69) is 45.3 Å². The summed E-state index contributed by atoms with van der Waals surface area (Å²) in [7, 11) is 1.96. The highest BCUT2D eigenvalue weighted by Gasteiger charge is 2.10. The van der Waals surface area contributed by atoms with Crippen LogP contribution in [0.4, 0.5) is 0 Å². The molecule has 6 nitrogen and oxygen atoms in total. The van der Waals surface area contributed by atoms with E-state index in [9.17, 15) is 4.79 Å². The number of nitrogens with one attached hydrogen (secondary N) is 1. The summed E-state index contributed by atoms with van der Waals surface area (Å²) in [4.78, 5) is 16.7. The number of para-hydroxylation sites is 3. The van der Waals surface area contributed by atoms with Crippen molar-refractivity contribution >= 4 is 45.8 Å². The average Bonchev–Trinajstić information content (AvgIpc) is 3.24. The Morgan fingerprint density at radius 1 is 1.18 bits per heavy atom. The minimum Gasteiger partial charge on any atom is -0.347 e. The van der Waals surface area contributed by atoms with Crippen LogP contribution < -0.4 is 5.43 Å². The van der Waals surface area contributed by atoms with Crippen LogP contribution in [-0.4, -0.2) is 32.0 Å². The first kappa shape index (κ1) is 18.3. The number of imidazole rings is 1. The summed E-state index contributed by atoms with van der Waals surface area (Å²) in [5, 5.41) is 6.07. The molecule has 7 heteroatoms. The molecular weight excluding hydrogens is 370 g/mol. The van der Waals surface area contributed by atoms with Gasteiger partial charge in [-0.15, -0.1) is 0 Å². The summed E-state index contributed by atoms with van der Waals surface area (Å²) in [6.07, 6.45) is 3.75. The summed E-state index contributed by atoms with van der Waals surface area (Å²) in [5.41, 5.74) is 6.74. The highest BCUT2D eigenvalue weighted by atomic mass is 32.2. The second-order valence-electron chi connectivity index (χ2n) is 6.41. The number of aryl methyl sites for hydroxylation is 2. The SMILES string of the molecule is CCn1cc(/C=N\NC(=O)CSc2nc3ccccc3n2C)c2ccccc21. The highest BCUT2D eigenvalue weighted by molar-refractivity contribution is 7.99. The quantitative estimate of drug-likeness (QED) is 0.309. The number of carbonyl (C=O) groups excluding carboxylic acids is 1. The first-order chi connectivity index (χ1) is 13.7. The Morgan fingerprint density at radius 2 is 1.93 bits per heavy atom. The normalized spacial score (nSPS) is 11.6.